The van der Waals surface area contributed by atoms with Crippen LogP contribution in [0.3, 0.4) is 0 Å². The van der Waals surface area contributed by atoms with E-state index in [1.807, 2.05) is 38.1 Å². The fourth-order valence-electron chi connectivity index (χ4n) is 4.00. The number of esters is 1. The molecule has 2 aliphatic rings. The van der Waals surface area contributed by atoms with Crippen molar-refractivity contribution in [2.75, 3.05) is 44.4 Å². The molecule has 2 aromatic rings. The van der Waals surface area contributed by atoms with Crippen LogP contribution >= 0.6 is 0 Å². The van der Waals surface area contributed by atoms with Crippen molar-refractivity contribution in [2.45, 2.75) is 26.8 Å². The van der Waals surface area contributed by atoms with Crippen LogP contribution < -0.4 is 4.90 Å². The molecule has 164 valence electrons. The van der Waals surface area contributed by atoms with Crippen LogP contribution in [-0.2, 0) is 19.1 Å². The maximum absolute atomic E-state index is 13.0. The minimum atomic E-state index is -0.480. The number of aryl methyl sites for hydroxylation is 1. The molecule has 1 aromatic carbocycles. The SMILES string of the molecule is CCOC(=O)C1=C(C)N(CC(=O)N2CCOCC2)c2ncnn2C1c1ccc(C)cc1. The predicted molar refractivity (Wildman–Crippen MR) is 113 cm³/mol. The summed E-state index contributed by atoms with van der Waals surface area (Å²) in [7, 11) is 0. The van der Waals surface area contributed by atoms with Gasteiger partial charge in [0.15, 0.2) is 0 Å². The quantitative estimate of drug-likeness (QED) is 0.674. The number of rotatable bonds is 5. The summed E-state index contributed by atoms with van der Waals surface area (Å²) >= 11 is 0. The minimum Gasteiger partial charge on any atom is -0.463 e. The number of hydrogen-bond donors (Lipinski definition) is 0. The molecule has 0 N–H and O–H groups in total. The molecule has 0 bridgehead atoms. The summed E-state index contributed by atoms with van der Waals surface area (Å²) in [5.74, 6) is 0.0578. The van der Waals surface area contributed by atoms with Gasteiger partial charge in [0.2, 0.25) is 11.9 Å². The number of allylic oxidation sites excluding steroid dienone is 1. The first kappa shape index (κ1) is 21.0. The number of anilines is 1. The number of fused-ring (bicyclic) bond motifs is 1. The second-order valence-corrected chi connectivity index (χ2v) is 7.62. The Morgan fingerprint density at radius 3 is 2.55 bits per heavy atom. The second-order valence-electron chi connectivity index (χ2n) is 7.62. The average Bonchev–Trinajstić information content (AvgIpc) is 3.26. The van der Waals surface area contributed by atoms with Gasteiger partial charge in [0.1, 0.15) is 18.9 Å². The number of nitrogens with zero attached hydrogens (tertiary/aromatic N) is 5. The zero-order chi connectivity index (χ0) is 22.0. The fraction of sp³-hybridized carbons (Fsp3) is 0.455. The monoisotopic (exact) mass is 425 g/mol. The van der Waals surface area contributed by atoms with Crippen molar-refractivity contribution in [2.24, 2.45) is 0 Å². The van der Waals surface area contributed by atoms with Gasteiger partial charge in [-0.1, -0.05) is 29.8 Å². The lowest BCUT2D eigenvalue weighted by atomic mass is 9.94. The number of morpholine rings is 1. The molecule has 0 saturated carbocycles. The van der Waals surface area contributed by atoms with E-state index >= 15 is 0 Å². The lowest BCUT2D eigenvalue weighted by Gasteiger charge is -2.36. The smallest absolute Gasteiger partial charge is 0.338 e. The number of aromatic nitrogens is 3. The van der Waals surface area contributed by atoms with E-state index in [4.69, 9.17) is 9.47 Å². The molecule has 9 nitrogen and oxygen atoms in total. The van der Waals surface area contributed by atoms with Gasteiger partial charge in [0, 0.05) is 18.8 Å². The summed E-state index contributed by atoms with van der Waals surface area (Å²) in [4.78, 5) is 34.0. The maximum Gasteiger partial charge on any atom is 0.338 e. The molecule has 1 fully saturated rings. The third kappa shape index (κ3) is 4.05. The van der Waals surface area contributed by atoms with Crippen molar-refractivity contribution < 1.29 is 19.1 Å². The van der Waals surface area contributed by atoms with E-state index < -0.39 is 12.0 Å². The first-order valence-corrected chi connectivity index (χ1v) is 10.5. The zero-order valence-corrected chi connectivity index (χ0v) is 18.1. The van der Waals surface area contributed by atoms with Gasteiger partial charge in [-0.25, -0.2) is 9.48 Å². The van der Waals surface area contributed by atoms with Crippen molar-refractivity contribution in [3.63, 3.8) is 0 Å². The lowest BCUT2D eigenvalue weighted by Crippen LogP contribution is -2.47. The second kappa shape index (κ2) is 8.89. The van der Waals surface area contributed by atoms with Crippen molar-refractivity contribution in [3.8, 4) is 0 Å². The summed E-state index contributed by atoms with van der Waals surface area (Å²) in [6, 6.07) is 7.47. The Hall–Kier alpha value is -3.20. The Bertz CT molecular complexity index is 992. The van der Waals surface area contributed by atoms with E-state index in [0.29, 0.717) is 43.5 Å². The molecule has 1 unspecified atom stereocenters. The largest absolute Gasteiger partial charge is 0.463 e. The van der Waals surface area contributed by atoms with Crippen molar-refractivity contribution in [3.05, 3.63) is 53.0 Å². The normalized spacial score (nSPS) is 18.7. The predicted octanol–water partition coefficient (Wildman–Crippen LogP) is 1.69. The van der Waals surface area contributed by atoms with Gasteiger partial charge in [-0.3, -0.25) is 4.79 Å². The van der Waals surface area contributed by atoms with Gasteiger partial charge < -0.3 is 19.3 Å². The van der Waals surface area contributed by atoms with Gasteiger partial charge in [-0.15, -0.1) is 0 Å². The molecule has 0 spiro atoms. The molecule has 1 aromatic heterocycles. The third-order valence-electron chi connectivity index (χ3n) is 5.65. The average molecular weight is 425 g/mol. The van der Waals surface area contributed by atoms with Gasteiger partial charge in [-0.05, 0) is 26.3 Å². The standard InChI is InChI=1S/C22H27N5O4/c1-4-31-21(29)19-16(3)26(13-18(28)25-9-11-30-12-10-25)22-23-14-24-27(22)20(19)17-7-5-15(2)6-8-17/h5-8,14,20H,4,9-13H2,1-3H3. The van der Waals surface area contributed by atoms with Gasteiger partial charge in [-0.2, -0.15) is 10.1 Å². The summed E-state index contributed by atoms with van der Waals surface area (Å²) in [6.45, 7) is 8.10. The van der Waals surface area contributed by atoms with Crippen molar-refractivity contribution in [1.82, 2.24) is 19.7 Å². The van der Waals surface area contributed by atoms with E-state index in [0.717, 1.165) is 11.1 Å². The van der Waals surface area contributed by atoms with Gasteiger partial charge in [0.25, 0.3) is 0 Å². The van der Waals surface area contributed by atoms with Crippen molar-refractivity contribution >= 4 is 17.8 Å². The van der Waals surface area contributed by atoms with Crippen LogP contribution in [0.25, 0.3) is 0 Å². The van der Waals surface area contributed by atoms with Crippen LogP contribution in [0.4, 0.5) is 5.95 Å². The Balaban J connectivity index is 1.75. The van der Waals surface area contributed by atoms with E-state index in [1.165, 1.54) is 6.33 Å². The van der Waals surface area contributed by atoms with Crippen LogP contribution in [0.15, 0.2) is 41.9 Å². The Morgan fingerprint density at radius 1 is 1.16 bits per heavy atom. The van der Waals surface area contributed by atoms with Crippen LogP contribution in [-0.4, -0.2) is 71.0 Å². The lowest BCUT2D eigenvalue weighted by molar-refractivity contribution is -0.139. The summed E-state index contributed by atoms with van der Waals surface area (Å²) < 4.78 is 12.4. The molecular weight excluding hydrogens is 398 g/mol. The Morgan fingerprint density at radius 2 is 1.87 bits per heavy atom. The molecular formula is C22H27N5O4. The number of benzene rings is 1. The van der Waals surface area contributed by atoms with E-state index in [-0.39, 0.29) is 19.1 Å². The summed E-state index contributed by atoms with van der Waals surface area (Å²) in [5.41, 5.74) is 3.12. The molecule has 0 aliphatic carbocycles. The van der Waals surface area contributed by atoms with Crippen LogP contribution in [0.2, 0.25) is 0 Å². The number of carbonyl (C=O) groups is 2. The van der Waals surface area contributed by atoms with Gasteiger partial charge >= 0.3 is 5.97 Å². The Labute approximate surface area is 181 Å². The Kier molecular flexibility index (Phi) is 6.03. The molecule has 1 saturated heterocycles. The van der Waals surface area contributed by atoms with Crippen LogP contribution in [0, 0.1) is 6.92 Å². The van der Waals surface area contributed by atoms with Crippen molar-refractivity contribution in [1.29, 1.82) is 0 Å². The fourth-order valence-corrected chi connectivity index (χ4v) is 4.00. The maximum atomic E-state index is 13.0. The zero-order valence-electron chi connectivity index (χ0n) is 18.1. The number of carbonyl (C=O) groups excluding carboxylic acids is 2. The molecule has 0 radical (unpaired) electrons. The number of amides is 1. The number of hydrogen-bond acceptors (Lipinski definition) is 7. The molecule has 2 aliphatic heterocycles. The first-order valence-electron chi connectivity index (χ1n) is 10.5. The van der Waals surface area contributed by atoms with E-state index in [9.17, 15) is 9.59 Å². The van der Waals surface area contributed by atoms with Gasteiger partial charge in [0.05, 0.1) is 25.4 Å². The topological polar surface area (TPSA) is 89.8 Å². The molecule has 1 atom stereocenters. The van der Waals surface area contributed by atoms with Crippen LogP contribution in [0.5, 0.6) is 0 Å². The molecule has 3 heterocycles. The van der Waals surface area contributed by atoms with E-state index in [1.54, 1.807) is 21.4 Å². The van der Waals surface area contributed by atoms with E-state index in [2.05, 4.69) is 10.1 Å². The summed E-state index contributed by atoms with van der Waals surface area (Å²) in [6.07, 6.45) is 1.45. The minimum absolute atomic E-state index is 0.0470. The first-order chi connectivity index (χ1) is 15.0. The summed E-state index contributed by atoms with van der Waals surface area (Å²) in [5, 5.41) is 4.41. The molecule has 9 heteroatoms. The highest BCUT2D eigenvalue weighted by Crippen LogP contribution is 2.38. The number of ether oxygens (including phenoxy) is 2. The molecule has 4 rings (SSSR count). The molecule has 1 amide bonds. The third-order valence-corrected chi connectivity index (χ3v) is 5.65. The van der Waals surface area contributed by atoms with Crippen LogP contribution in [0.1, 0.15) is 31.0 Å². The molecule has 31 heavy (non-hydrogen) atoms. The highest BCUT2D eigenvalue weighted by molar-refractivity contribution is 5.93. The highest BCUT2D eigenvalue weighted by Gasteiger charge is 2.39. The highest BCUT2D eigenvalue weighted by atomic mass is 16.5.